The van der Waals surface area contributed by atoms with E-state index in [0.29, 0.717) is 10.7 Å². The summed E-state index contributed by atoms with van der Waals surface area (Å²) >= 11 is 6.97. The molecule has 0 unspecified atom stereocenters. The molecule has 0 bridgehead atoms. The molecule has 136 valence electrons. The third kappa shape index (κ3) is 3.81. The molecule has 9 heteroatoms. The van der Waals surface area contributed by atoms with E-state index >= 15 is 0 Å². The average Bonchev–Trinajstić information content (AvgIpc) is 2.83. The van der Waals surface area contributed by atoms with Crippen molar-refractivity contribution < 1.29 is 14.6 Å². The zero-order chi connectivity index (χ0) is 18.8. The highest BCUT2D eigenvalue weighted by Gasteiger charge is 2.26. The SMILES string of the molecule is O=C(O)CSc1nnc2c(n1)O[C@@H](c1ccc(Cl)cc1)Nc1ccccc1-2. The number of nitrogens with zero attached hydrogens (tertiary/aromatic N) is 3. The number of hydrogen-bond donors (Lipinski definition) is 2. The Kier molecular flexibility index (Phi) is 4.83. The molecule has 0 saturated heterocycles. The number of nitrogens with one attached hydrogen (secondary N) is 1. The van der Waals surface area contributed by atoms with E-state index in [1.807, 2.05) is 36.4 Å². The van der Waals surface area contributed by atoms with Crippen molar-refractivity contribution >= 4 is 35.0 Å². The number of aromatic nitrogens is 3. The molecule has 1 aliphatic rings. The highest BCUT2D eigenvalue weighted by atomic mass is 35.5. The van der Waals surface area contributed by atoms with E-state index in [9.17, 15) is 4.79 Å². The van der Waals surface area contributed by atoms with Gasteiger partial charge in [-0.2, -0.15) is 4.98 Å². The topological polar surface area (TPSA) is 97.2 Å². The maximum atomic E-state index is 10.8. The Hall–Kier alpha value is -2.84. The van der Waals surface area contributed by atoms with Crippen molar-refractivity contribution in [1.82, 2.24) is 15.2 Å². The van der Waals surface area contributed by atoms with Crippen LogP contribution >= 0.6 is 23.4 Å². The number of carboxylic acid groups (broad SMARTS) is 1. The number of hydrogen-bond acceptors (Lipinski definition) is 7. The van der Waals surface area contributed by atoms with Gasteiger partial charge in [-0.1, -0.05) is 53.7 Å². The fourth-order valence-electron chi connectivity index (χ4n) is 2.62. The van der Waals surface area contributed by atoms with Gasteiger partial charge >= 0.3 is 5.97 Å². The lowest BCUT2D eigenvalue weighted by Gasteiger charge is -2.19. The van der Waals surface area contributed by atoms with E-state index in [-0.39, 0.29) is 16.8 Å². The van der Waals surface area contributed by atoms with Gasteiger partial charge in [-0.15, -0.1) is 10.2 Å². The molecule has 0 fully saturated rings. The molecule has 2 N–H and O–H groups in total. The number of carboxylic acids is 1. The van der Waals surface area contributed by atoms with Gasteiger partial charge in [-0.05, 0) is 18.2 Å². The second-order valence-electron chi connectivity index (χ2n) is 5.67. The first kappa shape index (κ1) is 17.6. The Morgan fingerprint density at radius 1 is 1.19 bits per heavy atom. The van der Waals surface area contributed by atoms with Crippen LogP contribution in [0.4, 0.5) is 5.69 Å². The predicted molar refractivity (Wildman–Crippen MR) is 102 cm³/mol. The highest BCUT2D eigenvalue weighted by molar-refractivity contribution is 7.99. The van der Waals surface area contributed by atoms with Crippen LogP contribution in [-0.4, -0.2) is 32.0 Å². The summed E-state index contributed by atoms with van der Waals surface area (Å²) in [6.45, 7) is 0. The number of carbonyl (C=O) groups is 1. The van der Waals surface area contributed by atoms with Gasteiger partial charge in [0.15, 0.2) is 11.9 Å². The van der Waals surface area contributed by atoms with Gasteiger partial charge in [0.1, 0.15) is 0 Å². The van der Waals surface area contributed by atoms with E-state index in [2.05, 4.69) is 20.5 Å². The first-order chi connectivity index (χ1) is 13.1. The van der Waals surface area contributed by atoms with Gasteiger partial charge in [0.05, 0.1) is 5.75 Å². The lowest BCUT2D eigenvalue weighted by Crippen LogP contribution is -2.17. The van der Waals surface area contributed by atoms with Gasteiger partial charge < -0.3 is 15.2 Å². The summed E-state index contributed by atoms with van der Waals surface area (Å²) in [5, 5.41) is 21.3. The third-order valence-electron chi connectivity index (χ3n) is 3.83. The minimum atomic E-state index is -0.953. The Morgan fingerprint density at radius 3 is 2.74 bits per heavy atom. The predicted octanol–water partition coefficient (Wildman–Crippen LogP) is 3.87. The number of fused-ring (bicyclic) bond motifs is 3. The maximum absolute atomic E-state index is 10.8. The summed E-state index contributed by atoms with van der Waals surface area (Å²) in [5.41, 5.74) is 2.99. The maximum Gasteiger partial charge on any atom is 0.313 e. The minimum Gasteiger partial charge on any atom is -0.481 e. The van der Waals surface area contributed by atoms with Crippen LogP contribution in [0.3, 0.4) is 0 Å². The molecule has 2 heterocycles. The largest absolute Gasteiger partial charge is 0.481 e. The Bertz CT molecular complexity index is 1000. The van der Waals surface area contributed by atoms with Crippen LogP contribution in [0.1, 0.15) is 11.8 Å². The van der Waals surface area contributed by atoms with Gasteiger partial charge in [-0.3, -0.25) is 4.79 Å². The summed E-state index contributed by atoms with van der Waals surface area (Å²) in [5.74, 6) is -0.823. The molecule has 3 aromatic rings. The second kappa shape index (κ2) is 7.42. The van der Waals surface area contributed by atoms with Gasteiger partial charge in [0.2, 0.25) is 11.0 Å². The van der Waals surface area contributed by atoms with E-state index < -0.39 is 12.2 Å². The normalized spacial score (nSPS) is 14.9. The number of anilines is 1. The van der Waals surface area contributed by atoms with Crippen molar-refractivity contribution in [3.05, 3.63) is 59.1 Å². The van der Waals surface area contributed by atoms with Crippen LogP contribution in [0.2, 0.25) is 5.02 Å². The molecule has 1 aliphatic heterocycles. The standard InChI is InChI=1S/C18H13ClN4O3S/c19-11-7-5-10(6-8-11)16-20-13-4-2-1-3-12(13)15-17(26-16)21-18(23-22-15)27-9-14(24)25/h1-8,16,20H,9H2,(H,24,25)/t16-/m0/s1. The quantitative estimate of drug-likeness (QED) is 0.637. The number of ether oxygens (including phenoxy) is 1. The van der Waals surface area contributed by atoms with Crippen molar-refractivity contribution in [1.29, 1.82) is 0 Å². The van der Waals surface area contributed by atoms with Crippen LogP contribution in [0, 0.1) is 0 Å². The van der Waals surface area contributed by atoms with E-state index in [1.54, 1.807) is 12.1 Å². The Balaban J connectivity index is 1.76. The molecule has 27 heavy (non-hydrogen) atoms. The van der Waals surface area contributed by atoms with Gasteiger partial charge in [-0.25, -0.2) is 0 Å². The lowest BCUT2D eigenvalue weighted by molar-refractivity contribution is -0.133. The number of para-hydroxylation sites is 1. The fraction of sp³-hybridized carbons (Fsp3) is 0.111. The van der Waals surface area contributed by atoms with Crippen molar-refractivity contribution in [3.8, 4) is 17.1 Å². The second-order valence-corrected chi connectivity index (χ2v) is 7.05. The van der Waals surface area contributed by atoms with Crippen LogP contribution in [0.25, 0.3) is 11.3 Å². The van der Waals surface area contributed by atoms with E-state index in [0.717, 1.165) is 28.6 Å². The number of aliphatic carboxylic acids is 1. The molecule has 0 radical (unpaired) electrons. The zero-order valence-electron chi connectivity index (χ0n) is 13.8. The van der Waals surface area contributed by atoms with Crippen molar-refractivity contribution in [2.24, 2.45) is 0 Å². The molecule has 0 amide bonds. The summed E-state index contributed by atoms with van der Waals surface area (Å²) in [7, 11) is 0. The molecule has 0 spiro atoms. The van der Waals surface area contributed by atoms with Crippen molar-refractivity contribution in [2.45, 2.75) is 11.4 Å². The summed E-state index contributed by atoms with van der Waals surface area (Å²) in [6, 6.07) is 14.9. The Morgan fingerprint density at radius 2 is 1.96 bits per heavy atom. The lowest BCUT2D eigenvalue weighted by atomic mass is 10.1. The Labute approximate surface area is 163 Å². The number of benzene rings is 2. The molecular formula is C18H13ClN4O3S. The highest BCUT2D eigenvalue weighted by Crippen LogP contribution is 2.39. The molecule has 4 rings (SSSR count). The smallest absolute Gasteiger partial charge is 0.313 e. The van der Waals surface area contributed by atoms with Crippen LogP contribution in [-0.2, 0) is 4.79 Å². The molecule has 2 aromatic carbocycles. The first-order valence-corrected chi connectivity index (χ1v) is 9.34. The summed E-state index contributed by atoms with van der Waals surface area (Å²) in [4.78, 5) is 15.2. The number of rotatable bonds is 4. The molecule has 7 nitrogen and oxygen atoms in total. The molecular weight excluding hydrogens is 388 g/mol. The van der Waals surface area contributed by atoms with Gasteiger partial charge in [0.25, 0.3) is 0 Å². The van der Waals surface area contributed by atoms with Crippen LogP contribution < -0.4 is 10.1 Å². The van der Waals surface area contributed by atoms with E-state index in [4.69, 9.17) is 21.4 Å². The molecule has 1 aromatic heterocycles. The number of thioether (sulfide) groups is 1. The molecule has 0 saturated carbocycles. The van der Waals surface area contributed by atoms with E-state index in [1.165, 1.54) is 0 Å². The van der Waals surface area contributed by atoms with Crippen LogP contribution in [0.5, 0.6) is 5.88 Å². The first-order valence-electron chi connectivity index (χ1n) is 7.97. The molecule has 1 atom stereocenters. The minimum absolute atomic E-state index is 0.157. The number of halogens is 1. The third-order valence-corrected chi connectivity index (χ3v) is 4.91. The summed E-state index contributed by atoms with van der Waals surface area (Å²) in [6.07, 6.45) is -0.515. The average molecular weight is 401 g/mol. The zero-order valence-corrected chi connectivity index (χ0v) is 15.4. The fourth-order valence-corrected chi connectivity index (χ4v) is 3.25. The van der Waals surface area contributed by atoms with Crippen molar-refractivity contribution in [2.75, 3.05) is 11.1 Å². The van der Waals surface area contributed by atoms with Crippen LogP contribution in [0.15, 0.2) is 53.7 Å². The van der Waals surface area contributed by atoms with Gasteiger partial charge in [0, 0.05) is 21.8 Å². The summed E-state index contributed by atoms with van der Waals surface area (Å²) < 4.78 is 6.08. The van der Waals surface area contributed by atoms with Crippen molar-refractivity contribution in [3.63, 3.8) is 0 Å². The monoisotopic (exact) mass is 400 g/mol. The molecule has 0 aliphatic carbocycles.